The Morgan fingerprint density at radius 2 is 2.07 bits per heavy atom. The monoisotopic (exact) mass is 402 g/mol. The van der Waals surface area contributed by atoms with Crippen LogP contribution in [-0.4, -0.2) is 26.7 Å². The molecule has 3 aromatic rings. The molecule has 3 rings (SSSR count). The standard InChI is InChI=1S/C19H19ClN4O2S/c1-12-14(18(26)23-19(21-12)27-2)6-8-17(25)22-15-7-5-13(20)11-16(15)24-9-3-4-10-24/h3-5,7,9-11H,6,8H2,1-2H3,(H,22,25)(H,21,23,26). The maximum atomic E-state index is 12.4. The summed E-state index contributed by atoms with van der Waals surface area (Å²) in [5.74, 6) is -0.182. The van der Waals surface area contributed by atoms with Crippen LogP contribution in [0.1, 0.15) is 17.7 Å². The summed E-state index contributed by atoms with van der Waals surface area (Å²) in [5, 5.41) is 4.06. The van der Waals surface area contributed by atoms with Crippen molar-refractivity contribution < 1.29 is 4.79 Å². The van der Waals surface area contributed by atoms with Crippen molar-refractivity contribution in [1.29, 1.82) is 0 Å². The molecule has 0 aliphatic carbocycles. The van der Waals surface area contributed by atoms with Crippen LogP contribution >= 0.6 is 23.4 Å². The Kier molecular flexibility index (Phi) is 6.03. The fraction of sp³-hybridized carbons (Fsp3) is 0.211. The van der Waals surface area contributed by atoms with Crippen LogP contribution in [0.25, 0.3) is 5.69 Å². The topological polar surface area (TPSA) is 79.8 Å². The van der Waals surface area contributed by atoms with Crippen molar-refractivity contribution >= 4 is 35.0 Å². The molecule has 2 heterocycles. The molecular formula is C19H19ClN4O2S. The minimum atomic E-state index is -0.195. The second-order valence-corrected chi connectivity index (χ2v) is 7.17. The number of aryl methyl sites for hydroxylation is 1. The van der Waals surface area contributed by atoms with E-state index in [-0.39, 0.29) is 17.9 Å². The van der Waals surface area contributed by atoms with Gasteiger partial charge in [-0.05, 0) is 49.9 Å². The van der Waals surface area contributed by atoms with Crippen molar-refractivity contribution in [1.82, 2.24) is 14.5 Å². The molecule has 0 saturated carbocycles. The molecule has 1 aromatic carbocycles. The number of hydrogen-bond acceptors (Lipinski definition) is 4. The zero-order valence-electron chi connectivity index (χ0n) is 15.0. The van der Waals surface area contributed by atoms with E-state index in [0.717, 1.165) is 5.69 Å². The van der Waals surface area contributed by atoms with Crippen molar-refractivity contribution in [3.8, 4) is 5.69 Å². The number of anilines is 1. The first-order valence-corrected chi connectivity index (χ1v) is 9.94. The van der Waals surface area contributed by atoms with E-state index in [1.165, 1.54) is 11.8 Å². The Labute approximate surface area is 166 Å². The Bertz CT molecular complexity index is 1020. The van der Waals surface area contributed by atoms with Gasteiger partial charge in [-0.15, -0.1) is 0 Å². The molecule has 6 nitrogen and oxygen atoms in total. The third kappa shape index (κ3) is 4.61. The molecule has 0 unspecified atom stereocenters. The first kappa shape index (κ1) is 19.3. The maximum Gasteiger partial charge on any atom is 0.254 e. The summed E-state index contributed by atoms with van der Waals surface area (Å²) in [6.45, 7) is 1.78. The van der Waals surface area contributed by atoms with Gasteiger partial charge in [0, 0.05) is 35.1 Å². The maximum absolute atomic E-state index is 12.4. The number of thioether (sulfide) groups is 1. The minimum Gasteiger partial charge on any atom is -0.324 e. The number of carbonyl (C=O) groups excluding carboxylic acids is 1. The molecule has 0 saturated heterocycles. The predicted octanol–water partition coefficient (Wildman–Crippen LogP) is 3.82. The molecule has 0 bridgehead atoms. The quantitative estimate of drug-likeness (QED) is 0.485. The molecular weight excluding hydrogens is 384 g/mol. The lowest BCUT2D eigenvalue weighted by atomic mass is 10.1. The highest BCUT2D eigenvalue weighted by atomic mass is 35.5. The highest BCUT2D eigenvalue weighted by Crippen LogP contribution is 2.25. The summed E-state index contributed by atoms with van der Waals surface area (Å²) in [5.41, 5.74) is 2.42. The van der Waals surface area contributed by atoms with E-state index >= 15 is 0 Å². The number of aromatic amines is 1. The molecule has 0 aliphatic rings. The molecule has 2 N–H and O–H groups in total. The second kappa shape index (κ2) is 8.45. The van der Waals surface area contributed by atoms with Crippen LogP contribution in [0.15, 0.2) is 52.7 Å². The van der Waals surface area contributed by atoms with Gasteiger partial charge < -0.3 is 14.9 Å². The van der Waals surface area contributed by atoms with Gasteiger partial charge in [0.05, 0.1) is 11.4 Å². The highest BCUT2D eigenvalue weighted by molar-refractivity contribution is 7.98. The van der Waals surface area contributed by atoms with Crippen LogP contribution in [0.2, 0.25) is 5.02 Å². The average Bonchev–Trinajstić information content (AvgIpc) is 3.16. The first-order valence-electron chi connectivity index (χ1n) is 8.34. The number of nitrogens with one attached hydrogen (secondary N) is 2. The molecule has 1 amide bonds. The van der Waals surface area contributed by atoms with Crippen molar-refractivity contribution in [2.45, 2.75) is 24.9 Å². The SMILES string of the molecule is CSc1nc(C)c(CCC(=O)Nc2ccc(Cl)cc2-n2cccc2)c(=O)[nH]1. The van der Waals surface area contributed by atoms with Gasteiger partial charge >= 0.3 is 0 Å². The smallest absolute Gasteiger partial charge is 0.254 e. The average molecular weight is 403 g/mol. The van der Waals surface area contributed by atoms with Crippen LogP contribution in [0.5, 0.6) is 0 Å². The Morgan fingerprint density at radius 1 is 1.33 bits per heavy atom. The van der Waals surface area contributed by atoms with Crippen LogP contribution in [0, 0.1) is 6.92 Å². The highest BCUT2D eigenvalue weighted by Gasteiger charge is 2.13. The summed E-state index contributed by atoms with van der Waals surface area (Å²) in [6.07, 6.45) is 6.10. The summed E-state index contributed by atoms with van der Waals surface area (Å²) in [6, 6.07) is 9.07. The number of amides is 1. The summed E-state index contributed by atoms with van der Waals surface area (Å²) >= 11 is 7.47. The Balaban J connectivity index is 1.74. The van der Waals surface area contributed by atoms with E-state index in [4.69, 9.17) is 11.6 Å². The Hall–Kier alpha value is -2.51. The molecule has 0 atom stereocenters. The van der Waals surface area contributed by atoms with Gasteiger partial charge in [0.2, 0.25) is 5.91 Å². The molecule has 140 valence electrons. The van der Waals surface area contributed by atoms with Crippen molar-refractivity contribution in [2.24, 2.45) is 0 Å². The zero-order chi connectivity index (χ0) is 19.4. The van der Waals surface area contributed by atoms with Gasteiger partial charge in [0.1, 0.15) is 0 Å². The van der Waals surface area contributed by atoms with E-state index in [9.17, 15) is 9.59 Å². The largest absolute Gasteiger partial charge is 0.324 e. The molecule has 0 fully saturated rings. The predicted molar refractivity (Wildman–Crippen MR) is 109 cm³/mol. The summed E-state index contributed by atoms with van der Waals surface area (Å²) in [7, 11) is 0. The van der Waals surface area contributed by atoms with Crippen LogP contribution in [0.3, 0.4) is 0 Å². The van der Waals surface area contributed by atoms with Gasteiger partial charge in [0.25, 0.3) is 5.56 Å². The van der Waals surface area contributed by atoms with E-state index in [1.54, 1.807) is 25.1 Å². The molecule has 0 aliphatic heterocycles. The molecule has 0 spiro atoms. The lowest BCUT2D eigenvalue weighted by molar-refractivity contribution is -0.116. The lowest BCUT2D eigenvalue weighted by Crippen LogP contribution is -2.20. The fourth-order valence-electron chi connectivity index (χ4n) is 2.75. The number of aromatic nitrogens is 3. The number of rotatable bonds is 6. The number of nitrogens with zero attached hydrogens (tertiary/aromatic N) is 2. The van der Waals surface area contributed by atoms with Crippen LogP contribution < -0.4 is 10.9 Å². The van der Waals surface area contributed by atoms with E-state index < -0.39 is 0 Å². The summed E-state index contributed by atoms with van der Waals surface area (Å²) < 4.78 is 1.88. The normalized spacial score (nSPS) is 10.8. The molecule has 2 aromatic heterocycles. The molecule has 0 radical (unpaired) electrons. The zero-order valence-corrected chi connectivity index (χ0v) is 16.5. The van der Waals surface area contributed by atoms with Gasteiger partial charge in [-0.25, -0.2) is 4.98 Å². The molecule has 27 heavy (non-hydrogen) atoms. The van der Waals surface area contributed by atoms with Gasteiger partial charge in [0.15, 0.2) is 5.16 Å². The second-order valence-electron chi connectivity index (χ2n) is 5.94. The van der Waals surface area contributed by atoms with E-state index in [0.29, 0.717) is 33.5 Å². The first-order chi connectivity index (χ1) is 13.0. The third-order valence-corrected chi connectivity index (χ3v) is 4.93. The Morgan fingerprint density at radius 3 is 2.74 bits per heavy atom. The van der Waals surface area contributed by atoms with E-state index in [2.05, 4.69) is 15.3 Å². The van der Waals surface area contributed by atoms with Crippen LogP contribution in [0.4, 0.5) is 5.69 Å². The van der Waals surface area contributed by atoms with Gasteiger partial charge in [-0.2, -0.15) is 0 Å². The number of H-pyrrole nitrogens is 1. The van der Waals surface area contributed by atoms with Crippen molar-refractivity contribution in [2.75, 3.05) is 11.6 Å². The number of carbonyl (C=O) groups is 1. The van der Waals surface area contributed by atoms with Gasteiger partial charge in [-0.1, -0.05) is 23.4 Å². The van der Waals surface area contributed by atoms with Crippen molar-refractivity contribution in [3.63, 3.8) is 0 Å². The number of hydrogen-bond donors (Lipinski definition) is 2. The molecule has 8 heteroatoms. The van der Waals surface area contributed by atoms with Crippen LogP contribution in [-0.2, 0) is 11.2 Å². The number of benzene rings is 1. The minimum absolute atomic E-state index is 0.179. The number of halogens is 1. The van der Waals surface area contributed by atoms with Crippen molar-refractivity contribution in [3.05, 3.63) is 69.4 Å². The van der Waals surface area contributed by atoms with E-state index in [1.807, 2.05) is 35.3 Å². The lowest BCUT2D eigenvalue weighted by Gasteiger charge is -2.13. The summed E-state index contributed by atoms with van der Waals surface area (Å²) in [4.78, 5) is 31.7. The van der Waals surface area contributed by atoms with Gasteiger partial charge in [-0.3, -0.25) is 9.59 Å². The fourth-order valence-corrected chi connectivity index (χ4v) is 3.34. The third-order valence-electron chi connectivity index (χ3n) is 4.11.